The molecule has 2 aromatic rings. The molecule has 19 heavy (non-hydrogen) atoms. The molecule has 0 unspecified atom stereocenters. The van der Waals surface area contributed by atoms with Gasteiger partial charge in [-0.2, -0.15) is 5.26 Å². The van der Waals surface area contributed by atoms with E-state index in [-0.39, 0.29) is 0 Å². The molecule has 0 atom stereocenters. The van der Waals surface area contributed by atoms with Crippen LogP contribution in [0.2, 0.25) is 10.0 Å². The van der Waals surface area contributed by atoms with Crippen molar-refractivity contribution < 1.29 is 0 Å². The number of aromatic nitrogens is 1. The summed E-state index contributed by atoms with van der Waals surface area (Å²) in [7, 11) is 0. The van der Waals surface area contributed by atoms with E-state index in [1.54, 1.807) is 42.7 Å². The Balaban J connectivity index is 2.56. The van der Waals surface area contributed by atoms with Crippen LogP contribution in [0.3, 0.4) is 0 Å². The van der Waals surface area contributed by atoms with Crippen LogP contribution in [-0.4, -0.2) is 4.98 Å². The molecule has 1 aromatic carbocycles. The Kier molecular flexibility index (Phi) is 4.06. The van der Waals surface area contributed by atoms with Crippen molar-refractivity contribution in [3.63, 3.8) is 0 Å². The van der Waals surface area contributed by atoms with E-state index in [4.69, 9.17) is 28.9 Å². The van der Waals surface area contributed by atoms with Crippen LogP contribution in [-0.2, 0) is 0 Å². The van der Waals surface area contributed by atoms with E-state index >= 15 is 0 Å². The first-order chi connectivity index (χ1) is 9.13. The number of halogens is 2. The van der Waals surface area contributed by atoms with Gasteiger partial charge in [0.2, 0.25) is 0 Å². The number of nitrogens with two attached hydrogens (primary N) is 1. The zero-order chi connectivity index (χ0) is 13.8. The second kappa shape index (κ2) is 5.75. The third-order valence-electron chi connectivity index (χ3n) is 2.58. The molecular formula is C14H9Cl2N3. The summed E-state index contributed by atoms with van der Waals surface area (Å²) in [5, 5.41) is 10.1. The van der Waals surface area contributed by atoms with Crippen LogP contribution in [0.5, 0.6) is 0 Å². The van der Waals surface area contributed by atoms with E-state index in [1.807, 2.05) is 0 Å². The summed E-state index contributed by atoms with van der Waals surface area (Å²) in [5.74, 6) is 0. The Morgan fingerprint density at radius 3 is 2.32 bits per heavy atom. The first-order valence-electron chi connectivity index (χ1n) is 5.39. The number of nitriles is 1. The second-order valence-corrected chi connectivity index (χ2v) is 4.58. The molecule has 0 aliphatic rings. The standard InChI is InChI=1S/C14H9Cl2N3/c15-12-2-1-10(7-13(12)16)14(18)11(8-17)9-3-5-19-6-4-9/h1-7H,18H2/b14-11-. The van der Waals surface area contributed by atoms with Crippen LogP contribution in [0.15, 0.2) is 42.7 Å². The summed E-state index contributed by atoms with van der Waals surface area (Å²) in [6.45, 7) is 0. The van der Waals surface area contributed by atoms with Crippen molar-refractivity contribution in [2.75, 3.05) is 0 Å². The number of nitrogens with zero attached hydrogens (tertiary/aromatic N) is 2. The van der Waals surface area contributed by atoms with Gasteiger partial charge in [0.25, 0.3) is 0 Å². The van der Waals surface area contributed by atoms with Crippen LogP contribution < -0.4 is 5.73 Å². The second-order valence-electron chi connectivity index (χ2n) is 3.77. The molecule has 0 aliphatic carbocycles. The minimum absolute atomic E-state index is 0.354. The Labute approximate surface area is 120 Å². The molecule has 0 saturated heterocycles. The van der Waals surface area contributed by atoms with Gasteiger partial charge in [0, 0.05) is 18.0 Å². The topological polar surface area (TPSA) is 62.7 Å². The molecule has 3 nitrogen and oxygen atoms in total. The van der Waals surface area contributed by atoms with Crippen molar-refractivity contribution in [1.82, 2.24) is 4.98 Å². The number of hydrogen-bond acceptors (Lipinski definition) is 3. The lowest BCUT2D eigenvalue weighted by Gasteiger charge is -2.07. The zero-order valence-electron chi connectivity index (χ0n) is 9.77. The van der Waals surface area contributed by atoms with Crippen molar-refractivity contribution in [3.05, 3.63) is 63.9 Å². The Morgan fingerprint density at radius 2 is 1.74 bits per heavy atom. The molecular weight excluding hydrogens is 281 g/mol. The van der Waals surface area contributed by atoms with E-state index in [0.717, 1.165) is 0 Å². The van der Waals surface area contributed by atoms with Gasteiger partial charge in [0.1, 0.15) is 6.07 Å². The van der Waals surface area contributed by atoms with Gasteiger partial charge >= 0.3 is 0 Å². The molecule has 0 amide bonds. The van der Waals surface area contributed by atoms with Crippen molar-refractivity contribution in [2.24, 2.45) is 5.73 Å². The van der Waals surface area contributed by atoms with Crippen molar-refractivity contribution in [1.29, 1.82) is 5.26 Å². The monoisotopic (exact) mass is 289 g/mol. The molecule has 0 saturated carbocycles. The average Bonchev–Trinajstić information content (AvgIpc) is 2.44. The fourth-order valence-electron chi connectivity index (χ4n) is 1.61. The Hall–Kier alpha value is -2.02. The van der Waals surface area contributed by atoms with Gasteiger partial charge in [0.15, 0.2) is 0 Å². The molecule has 0 radical (unpaired) electrons. The Bertz CT molecular complexity index is 673. The molecule has 0 bridgehead atoms. The molecule has 1 aromatic heterocycles. The van der Waals surface area contributed by atoms with Crippen molar-refractivity contribution in [2.45, 2.75) is 0 Å². The van der Waals surface area contributed by atoms with Gasteiger partial charge in [0.05, 0.1) is 21.3 Å². The van der Waals surface area contributed by atoms with E-state index in [1.165, 1.54) is 0 Å². The molecule has 94 valence electrons. The van der Waals surface area contributed by atoms with Gasteiger partial charge in [-0.15, -0.1) is 0 Å². The maximum Gasteiger partial charge on any atom is 0.102 e. The van der Waals surface area contributed by atoms with Crippen LogP contribution in [0, 0.1) is 11.3 Å². The van der Waals surface area contributed by atoms with Gasteiger partial charge in [-0.25, -0.2) is 0 Å². The summed E-state index contributed by atoms with van der Waals surface area (Å²) in [6.07, 6.45) is 3.21. The van der Waals surface area contributed by atoms with Crippen LogP contribution in [0.1, 0.15) is 11.1 Å². The van der Waals surface area contributed by atoms with Crippen LogP contribution >= 0.6 is 23.2 Å². The number of pyridine rings is 1. The lowest BCUT2D eigenvalue weighted by atomic mass is 10.0. The van der Waals surface area contributed by atoms with Crippen LogP contribution in [0.4, 0.5) is 0 Å². The van der Waals surface area contributed by atoms with Gasteiger partial charge in [-0.3, -0.25) is 4.98 Å². The summed E-state index contributed by atoms with van der Waals surface area (Å²) in [6, 6.07) is 10.6. The smallest absolute Gasteiger partial charge is 0.102 e. The predicted molar refractivity (Wildman–Crippen MR) is 77.3 cm³/mol. The van der Waals surface area contributed by atoms with Gasteiger partial charge in [-0.05, 0) is 29.8 Å². The maximum absolute atomic E-state index is 9.27. The molecule has 5 heteroatoms. The highest BCUT2D eigenvalue weighted by atomic mass is 35.5. The lowest BCUT2D eigenvalue weighted by Crippen LogP contribution is -2.00. The molecule has 0 aliphatic heterocycles. The summed E-state index contributed by atoms with van der Waals surface area (Å²) < 4.78 is 0. The highest BCUT2D eigenvalue weighted by Gasteiger charge is 2.09. The van der Waals surface area contributed by atoms with Crippen molar-refractivity contribution >= 4 is 34.5 Å². The zero-order valence-corrected chi connectivity index (χ0v) is 11.3. The average molecular weight is 290 g/mol. The van der Waals surface area contributed by atoms with E-state index in [0.29, 0.717) is 32.4 Å². The molecule has 1 heterocycles. The Morgan fingerprint density at radius 1 is 1.05 bits per heavy atom. The molecule has 0 fully saturated rings. The maximum atomic E-state index is 9.27. The summed E-state index contributed by atoms with van der Waals surface area (Å²) in [5.41, 5.74) is 8.13. The van der Waals surface area contributed by atoms with Crippen molar-refractivity contribution in [3.8, 4) is 6.07 Å². The summed E-state index contributed by atoms with van der Waals surface area (Å²) in [4.78, 5) is 3.91. The van der Waals surface area contributed by atoms with E-state index in [9.17, 15) is 5.26 Å². The number of rotatable bonds is 2. The minimum atomic E-state index is 0.354. The fourth-order valence-corrected chi connectivity index (χ4v) is 1.90. The lowest BCUT2D eigenvalue weighted by molar-refractivity contribution is 1.32. The minimum Gasteiger partial charge on any atom is -0.397 e. The van der Waals surface area contributed by atoms with Gasteiger partial charge in [-0.1, -0.05) is 29.3 Å². The van der Waals surface area contributed by atoms with Gasteiger partial charge < -0.3 is 5.73 Å². The molecule has 2 rings (SSSR count). The van der Waals surface area contributed by atoms with E-state index in [2.05, 4.69) is 11.1 Å². The van der Waals surface area contributed by atoms with Crippen LogP contribution in [0.25, 0.3) is 11.3 Å². The third-order valence-corrected chi connectivity index (χ3v) is 3.32. The quantitative estimate of drug-likeness (QED) is 0.857. The molecule has 2 N–H and O–H groups in total. The number of benzene rings is 1. The first-order valence-corrected chi connectivity index (χ1v) is 6.14. The predicted octanol–water partition coefficient (Wildman–Crippen LogP) is 3.74. The largest absolute Gasteiger partial charge is 0.397 e. The number of allylic oxidation sites excluding steroid dienone is 1. The highest BCUT2D eigenvalue weighted by Crippen LogP contribution is 2.27. The number of hydrogen-bond donors (Lipinski definition) is 1. The molecule has 0 spiro atoms. The first kappa shape index (κ1) is 13.4. The SMILES string of the molecule is N#C/C(=C(/N)c1ccc(Cl)c(Cl)c1)c1ccncc1. The summed E-state index contributed by atoms with van der Waals surface area (Å²) >= 11 is 11.8. The fraction of sp³-hybridized carbons (Fsp3) is 0. The third kappa shape index (κ3) is 2.87. The normalized spacial score (nSPS) is 11.6. The van der Waals surface area contributed by atoms with E-state index < -0.39 is 0 Å². The highest BCUT2D eigenvalue weighted by molar-refractivity contribution is 6.42.